The SMILES string of the molecule is c1csc(CCNCCN2CCCC3CCCCC32)c1. The molecule has 1 aliphatic carbocycles. The number of thiophene rings is 1. The van der Waals surface area contributed by atoms with E-state index in [9.17, 15) is 0 Å². The van der Waals surface area contributed by atoms with Crippen LogP contribution in [0.1, 0.15) is 43.4 Å². The highest BCUT2D eigenvalue weighted by molar-refractivity contribution is 7.09. The second kappa shape index (κ2) is 7.58. The molecule has 1 N–H and O–H groups in total. The summed E-state index contributed by atoms with van der Waals surface area (Å²) in [6.45, 7) is 4.89. The summed E-state index contributed by atoms with van der Waals surface area (Å²) in [6.07, 6.45) is 10.00. The lowest BCUT2D eigenvalue weighted by atomic mass is 9.78. The number of fused-ring (bicyclic) bond motifs is 1. The zero-order chi connectivity index (χ0) is 13.6. The molecule has 2 heterocycles. The van der Waals surface area contributed by atoms with Gasteiger partial charge in [-0.15, -0.1) is 11.3 Å². The molecule has 0 spiro atoms. The first-order chi connectivity index (χ1) is 9.93. The lowest BCUT2D eigenvalue weighted by molar-refractivity contribution is 0.0619. The Balaban J connectivity index is 1.35. The summed E-state index contributed by atoms with van der Waals surface area (Å²) in [5, 5.41) is 5.80. The molecule has 0 bridgehead atoms. The predicted molar refractivity (Wildman–Crippen MR) is 87.4 cm³/mol. The van der Waals surface area contributed by atoms with Crippen LogP contribution in [0.25, 0.3) is 0 Å². The second-order valence-electron chi connectivity index (χ2n) is 6.37. The topological polar surface area (TPSA) is 15.3 Å². The van der Waals surface area contributed by atoms with Crippen molar-refractivity contribution in [1.82, 2.24) is 10.2 Å². The third kappa shape index (κ3) is 3.84. The maximum absolute atomic E-state index is 3.63. The van der Waals surface area contributed by atoms with Gasteiger partial charge in [-0.3, -0.25) is 4.90 Å². The van der Waals surface area contributed by atoms with E-state index in [4.69, 9.17) is 0 Å². The third-order valence-electron chi connectivity index (χ3n) is 5.06. The van der Waals surface area contributed by atoms with Crippen molar-refractivity contribution in [3.8, 4) is 0 Å². The molecule has 1 saturated carbocycles. The fourth-order valence-electron chi connectivity index (χ4n) is 4.02. The molecule has 3 heteroatoms. The highest BCUT2D eigenvalue weighted by atomic mass is 32.1. The zero-order valence-corrected chi connectivity index (χ0v) is 13.3. The molecule has 0 radical (unpaired) electrons. The first kappa shape index (κ1) is 14.6. The quantitative estimate of drug-likeness (QED) is 0.807. The molecule has 1 aromatic heterocycles. The fourth-order valence-corrected chi connectivity index (χ4v) is 4.73. The van der Waals surface area contributed by atoms with Gasteiger partial charge in [0.2, 0.25) is 0 Å². The fraction of sp³-hybridized carbons (Fsp3) is 0.765. The Hall–Kier alpha value is -0.380. The Morgan fingerprint density at radius 3 is 2.95 bits per heavy atom. The van der Waals surface area contributed by atoms with Gasteiger partial charge in [-0.05, 0) is 56.0 Å². The van der Waals surface area contributed by atoms with E-state index in [1.807, 2.05) is 11.3 Å². The second-order valence-corrected chi connectivity index (χ2v) is 7.40. The number of likely N-dealkylation sites (tertiary alicyclic amines) is 1. The molecule has 112 valence electrons. The van der Waals surface area contributed by atoms with Crippen LogP contribution in [-0.2, 0) is 6.42 Å². The summed E-state index contributed by atoms with van der Waals surface area (Å²) in [5.74, 6) is 1.02. The van der Waals surface area contributed by atoms with Gasteiger partial charge in [0.15, 0.2) is 0 Å². The molecule has 2 unspecified atom stereocenters. The Labute approximate surface area is 127 Å². The van der Waals surface area contributed by atoms with Crippen LogP contribution < -0.4 is 5.32 Å². The van der Waals surface area contributed by atoms with Gasteiger partial charge in [0, 0.05) is 30.6 Å². The average molecular weight is 292 g/mol. The van der Waals surface area contributed by atoms with Crippen molar-refractivity contribution in [2.45, 2.75) is 51.0 Å². The van der Waals surface area contributed by atoms with Crippen molar-refractivity contribution in [1.29, 1.82) is 0 Å². The number of nitrogens with zero attached hydrogens (tertiary/aromatic N) is 1. The minimum atomic E-state index is 0.914. The van der Waals surface area contributed by atoms with Crippen LogP contribution in [0.4, 0.5) is 0 Å². The molecule has 1 aliphatic heterocycles. The van der Waals surface area contributed by atoms with Gasteiger partial charge < -0.3 is 5.32 Å². The maximum Gasteiger partial charge on any atom is 0.0124 e. The van der Waals surface area contributed by atoms with E-state index in [2.05, 4.69) is 27.7 Å². The molecule has 3 rings (SSSR count). The van der Waals surface area contributed by atoms with E-state index < -0.39 is 0 Å². The Morgan fingerprint density at radius 2 is 2.05 bits per heavy atom. The number of hydrogen-bond donors (Lipinski definition) is 1. The average Bonchev–Trinajstić information content (AvgIpc) is 3.00. The predicted octanol–water partition coefficient (Wildman–Crippen LogP) is 3.53. The van der Waals surface area contributed by atoms with Crippen molar-refractivity contribution in [2.24, 2.45) is 5.92 Å². The van der Waals surface area contributed by atoms with Gasteiger partial charge in [0.1, 0.15) is 0 Å². The molecular formula is C17H28N2S. The van der Waals surface area contributed by atoms with Crippen molar-refractivity contribution in [2.75, 3.05) is 26.2 Å². The summed E-state index contributed by atoms with van der Waals surface area (Å²) in [6, 6.07) is 5.30. The standard InChI is InChI=1S/C17H28N2S/c1-2-8-17-15(5-1)6-3-12-19(17)13-11-18-10-9-16-7-4-14-20-16/h4,7,14-15,17-18H,1-3,5-6,8-13H2. The Morgan fingerprint density at radius 1 is 1.15 bits per heavy atom. The molecule has 2 fully saturated rings. The highest BCUT2D eigenvalue weighted by Crippen LogP contribution is 2.34. The van der Waals surface area contributed by atoms with Crippen LogP contribution >= 0.6 is 11.3 Å². The smallest absolute Gasteiger partial charge is 0.0124 e. The van der Waals surface area contributed by atoms with Crippen molar-refractivity contribution in [3.05, 3.63) is 22.4 Å². The Kier molecular flexibility index (Phi) is 5.51. The molecule has 20 heavy (non-hydrogen) atoms. The van der Waals surface area contributed by atoms with Crippen LogP contribution in [-0.4, -0.2) is 37.1 Å². The molecule has 2 aliphatic rings. The van der Waals surface area contributed by atoms with E-state index in [-0.39, 0.29) is 0 Å². The summed E-state index contributed by atoms with van der Waals surface area (Å²) in [5.41, 5.74) is 0. The van der Waals surface area contributed by atoms with Crippen LogP contribution in [0.3, 0.4) is 0 Å². The molecule has 0 aromatic carbocycles. The number of hydrogen-bond acceptors (Lipinski definition) is 3. The van der Waals surface area contributed by atoms with E-state index in [1.54, 1.807) is 0 Å². The number of rotatable bonds is 6. The largest absolute Gasteiger partial charge is 0.315 e. The number of piperidine rings is 1. The molecule has 1 saturated heterocycles. The van der Waals surface area contributed by atoms with Crippen LogP contribution in [0.2, 0.25) is 0 Å². The number of nitrogens with one attached hydrogen (secondary N) is 1. The van der Waals surface area contributed by atoms with Gasteiger partial charge in [0.05, 0.1) is 0 Å². The van der Waals surface area contributed by atoms with Crippen LogP contribution in [0, 0.1) is 5.92 Å². The van der Waals surface area contributed by atoms with E-state index >= 15 is 0 Å². The van der Waals surface area contributed by atoms with Gasteiger partial charge >= 0.3 is 0 Å². The lowest BCUT2D eigenvalue weighted by Gasteiger charge is -2.44. The Bertz CT molecular complexity index is 374. The summed E-state index contributed by atoms with van der Waals surface area (Å²) >= 11 is 1.87. The maximum atomic E-state index is 3.63. The third-order valence-corrected chi connectivity index (χ3v) is 6.00. The van der Waals surface area contributed by atoms with Gasteiger partial charge in [0.25, 0.3) is 0 Å². The van der Waals surface area contributed by atoms with Gasteiger partial charge in [-0.25, -0.2) is 0 Å². The van der Waals surface area contributed by atoms with E-state index in [0.717, 1.165) is 25.0 Å². The molecule has 2 atom stereocenters. The molecule has 2 nitrogen and oxygen atoms in total. The van der Waals surface area contributed by atoms with Crippen molar-refractivity contribution < 1.29 is 0 Å². The summed E-state index contributed by atoms with van der Waals surface area (Å²) < 4.78 is 0. The minimum Gasteiger partial charge on any atom is -0.315 e. The highest BCUT2D eigenvalue weighted by Gasteiger charge is 2.32. The molecular weight excluding hydrogens is 264 g/mol. The van der Waals surface area contributed by atoms with Crippen molar-refractivity contribution >= 4 is 11.3 Å². The van der Waals surface area contributed by atoms with Crippen LogP contribution in [0.15, 0.2) is 17.5 Å². The van der Waals surface area contributed by atoms with Crippen molar-refractivity contribution in [3.63, 3.8) is 0 Å². The summed E-state index contributed by atoms with van der Waals surface area (Å²) in [7, 11) is 0. The molecule has 0 amide bonds. The van der Waals surface area contributed by atoms with Gasteiger partial charge in [-0.1, -0.05) is 18.9 Å². The van der Waals surface area contributed by atoms with Gasteiger partial charge in [-0.2, -0.15) is 0 Å². The molecule has 1 aromatic rings. The monoisotopic (exact) mass is 292 g/mol. The summed E-state index contributed by atoms with van der Waals surface area (Å²) in [4.78, 5) is 4.29. The zero-order valence-electron chi connectivity index (χ0n) is 12.5. The van der Waals surface area contributed by atoms with E-state index in [0.29, 0.717) is 0 Å². The van der Waals surface area contributed by atoms with Crippen LogP contribution in [0.5, 0.6) is 0 Å². The minimum absolute atomic E-state index is 0.914. The lowest BCUT2D eigenvalue weighted by Crippen LogP contribution is -2.48. The first-order valence-corrected chi connectivity index (χ1v) is 9.28. The van der Waals surface area contributed by atoms with E-state index in [1.165, 1.54) is 62.9 Å². The normalized spacial score (nSPS) is 27.4. The first-order valence-electron chi connectivity index (χ1n) is 8.40.